The molecule has 0 saturated carbocycles. The highest BCUT2D eigenvalue weighted by Gasteiger charge is 2.07. The van der Waals surface area contributed by atoms with E-state index in [1.165, 1.54) is 12.1 Å². The van der Waals surface area contributed by atoms with Crippen LogP contribution in [0.1, 0.15) is 6.92 Å². The van der Waals surface area contributed by atoms with Crippen LogP contribution in [0.15, 0.2) is 12.1 Å². The van der Waals surface area contributed by atoms with Gasteiger partial charge in [0.15, 0.2) is 11.6 Å². The zero-order valence-corrected chi connectivity index (χ0v) is 6.67. The van der Waals surface area contributed by atoms with Gasteiger partial charge in [-0.3, -0.25) is 0 Å². The Morgan fingerprint density at radius 3 is 2.75 bits per heavy atom. The predicted octanol–water partition coefficient (Wildman–Crippen LogP) is 1.51. The van der Waals surface area contributed by atoms with Crippen molar-refractivity contribution >= 4 is 5.69 Å². The molecule has 0 atom stereocenters. The van der Waals surface area contributed by atoms with Crippen LogP contribution in [-0.2, 0) is 0 Å². The summed E-state index contributed by atoms with van der Waals surface area (Å²) in [5.74, 6) is -0.925. The molecular formula is C8H10FNO2. The monoisotopic (exact) mass is 171 g/mol. The maximum atomic E-state index is 12.7. The van der Waals surface area contributed by atoms with Crippen LogP contribution in [0.2, 0.25) is 0 Å². The van der Waals surface area contributed by atoms with Crippen molar-refractivity contribution in [1.29, 1.82) is 0 Å². The third-order valence-corrected chi connectivity index (χ3v) is 1.37. The van der Waals surface area contributed by atoms with Gasteiger partial charge in [-0.25, -0.2) is 4.39 Å². The molecule has 0 aromatic heterocycles. The van der Waals surface area contributed by atoms with Crippen LogP contribution in [0.5, 0.6) is 11.5 Å². The minimum atomic E-state index is -0.807. The third-order valence-electron chi connectivity index (χ3n) is 1.37. The lowest BCUT2D eigenvalue weighted by molar-refractivity contribution is 0.336. The summed E-state index contributed by atoms with van der Waals surface area (Å²) in [4.78, 5) is 0. The van der Waals surface area contributed by atoms with Gasteiger partial charge in [0, 0.05) is 12.1 Å². The normalized spacial score (nSPS) is 9.83. The van der Waals surface area contributed by atoms with Gasteiger partial charge in [-0.05, 0) is 6.92 Å². The molecule has 0 aliphatic heterocycles. The van der Waals surface area contributed by atoms with Gasteiger partial charge in [0.05, 0.1) is 12.3 Å². The van der Waals surface area contributed by atoms with Crippen LogP contribution in [0.25, 0.3) is 0 Å². The van der Waals surface area contributed by atoms with Crippen LogP contribution in [0.3, 0.4) is 0 Å². The largest absolute Gasteiger partial charge is 0.505 e. The number of anilines is 1. The van der Waals surface area contributed by atoms with Crippen LogP contribution in [0, 0.1) is 5.82 Å². The first-order valence-electron chi connectivity index (χ1n) is 3.56. The smallest absolute Gasteiger partial charge is 0.187 e. The zero-order valence-electron chi connectivity index (χ0n) is 6.67. The van der Waals surface area contributed by atoms with Gasteiger partial charge < -0.3 is 15.6 Å². The van der Waals surface area contributed by atoms with Gasteiger partial charge in [-0.2, -0.15) is 0 Å². The number of rotatable bonds is 2. The summed E-state index contributed by atoms with van der Waals surface area (Å²) >= 11 is 0. The maximum Gasteiger partial charge on any atom is 0.187 e. The highest BCUT2D eigenvalue weighted by Crippen LogP contribution is 2.27. The fraction of sp³-hybridized carbons (Fsp3) is 0.250. The Balaban J connectivity index is 3.04. The van der Waals surface area contributed by atoms with Crippen molar-refractivity contribution in [1.82, 2.24) is 0 Å². The van der Waals surface area contributed by atoms with Gasteiger partial charge in [-0.1, -0.05) is 0 Å². The molecular weight excluding hydrogens is 161 g/mol. The second kappa shape index (κ2) is 3.30. The van der Waals surface area contributed by atoms with Gasteiger partial charge in [0.25, 0.3) is 0 Å². The molecule has 0 aliphatic rings. The summed E-state index contributed by atoms with van der Waals surface area (Å²) < 4.78 is 17.7. The van der Waals surface area contributed by atoms with E-state index in [0.717, 1.165) is 0 Å². The molecule has 66 valence electrons. The SMILES string of the molecule is CCOc1cc(N)c(F)c(O)c1. The standard InChI is InChI=1S/C8H10FNO2/c1-2-12-5-3-6(10)8(9)7(11)4-5/h3-4,11H,2,10H2,1H3. The molecule has 3 nitrogen and oxygen atoms in total. The molecule has 0 radical (unpaired) electrons. The quantitative estimate of drug-likeness (QED) is 0.663. The number of hydrogen-bond acceptors (Lipinski definition) is 3. The number of aromatic hydroxyl groups is 1. The summed E-state index contributed by atoms with van der Waals surface area (Å²) in [6.45, 7) is 2.24. The number of ether oxygens (including phenoxy) is 1. The first-order valence-corrected chi connectivity index (χ1v) is 3.56. The molecule has 0 amide bonds. The number of phenolic OH excluding ortho intramolecular Hbond substituents is 1. The fourth-order valence-electron chi connectivity index (χ4n) is 0.854. The molecule has 0 heterocycles. The van der Waals surface area contributed by atoms with Gasteiger partial charge in [0.1, 0.15) is 5.75 Å². The summed E-state index contributed by atoms with van der Waals surface area (Å²) in [6.07, 6.45) is 0. The lowest BCUT2D eigenvalue weighted by atomic mass is 10.2. The third kappa shape index (κ3) is 1.58. The molecule has 12 heavy (non-hydrogen) atoms. The average molecular weight is 171 g/mol. The second-order valence-electron chi connectivity index (χ2n) is 2.28. The molecule has 0 bridgehead atoms. The number of phenols is 1. The van der Waals surface area contributed by atoms with Gasteiger partial charge in [0.2, 0.25) is 0 Å². The number of nitrogen functional groups attached to an aromatic ring is 1. The van der Waals surface area contributed by atoms with E-state index < -0.39 is 11.6 Å². The van der Waals surface area contributed by atoms with Crippen LogP contribution >= 0.6 is 0 Å². The second-order valence-corrected chi connectivity index (χ2v) is 2.28. The van der Waals surface area contributed by atoms with Crippen LogP contribution in [-0.4, -0.2) is 11.7 Å². The number of halogens is 1. The Hall–Kier alpha value is -1.45. The predicted molar refractivity (Wildman–Crippen MR) is 43.6 cm³/mol. The molecule has 0 unspecified atom stereocenters. The summed E-state index contributed by atoms with van der Waals surface area (Å²) in [5, 5.41) is 8.97. The van der Waals surface area contributed by atoms with Crippen LogP contribution < -0.4 is 10.5 Å². The molecule has 0 fully saturated rings. The molecule has 1 rings (SSSR count). The van der Waals surface area contributed by atoms with E-state index in [0.29, 0.717) is 12.4 Å². The summed E-state index contributed by atoms with van der Waals surface area (Å²) in [6, 6.07) is 2.52. The molecule has 1 aromatic carbocycles. The van der Waals surface area contributed by atoms with E-state index in [1.807, 2.05) is 0 Å². The minimum absolute atomic E-state index is 0.113. The molecule has 0 aliphatic carbocycles. The van der Waals surface area contributed by atoms with E-state index in [1.54, 1.807) is 6.92 Å². The van der Waals surface area contributed by atoms with E-state index in [9.17, 15) is 4.39 Å². The fourth-order valence-corrected chi connectivity index (χ4v) is 0.854. The van der Waals surface area contributed by atoms with E-state index in [-0.39, 0.29) is 5.69 Å². The van der Waals surface area contributed by atoms with Crippen molar-refractivity contribution < 1.29 is 14.2 Å². The molecule has 1 aromatic rings. The van der Waals surface area contributed by atoms with Crippen molar-refractivity contribution in [2.24, 2.45) is 0 Å². The zero-order chi connectivity index (χ0) is 9.14. The van der Waals surface area contributed by atoms with Gasteiger partial charge in [-0.15, -0.1) is 0 Å². The Bertz CT molecular complexity index is 265. The number of benzene rings is 1. The van der Waals surface area contributed by atoms with Crippen molar-refractivity contribution in [3.8, 4) is 11.5 Å². The Morgan fingerprint density at radius 2 is 2.25 bits per heavy atom. The summed E-state index contributed by atoms with van der Waals surface area (Å²) in [7, 11) is 0. The molecule has 4 heteroatoms. The average Bonchev–Trinajstić information content (AvgIpc) is 2.01. The maximum absolute atomic E-state index is 12.7. The lowest BCUT2D eigenvalue weighted by Crippen LogP contribution is -1.95. The van der Waals surface area contributed by atoms with E-state index >= 15 is 0 Å². The molecule has 3 N–H and O–H groups in total. The van der Waals surface area contributed by atoms with Crippen molar-refractivity contribution in [2.75, 3.05) is 12.3 Å². The highest BCUT2D eigenvalue weighted by molar-refractivity contribution is 5.51. The van der Waals surface area contributed by atoms with E-state index in [2.05, 4.69) is 0 Å². The Morgan fingerprint density at radius 1 is 1.58 bits per heavy atom. The van der Waals surface area contributed by atoms with Crippen molar-refractivity contribution in [3.63, 3.8) is 0 Å². The molecule has 0 spiro atoms. The first-order chi connectivity index (χ1) is 5.65. The van der Waals surface area contributed by atoms with E-state index in [4.69, 9.17) is 15.6 Å². The van der Waals surface area contributed by atoms with Gasteiger partial charge >= 0.3 is 0 Å². The topological polar surface area (TPSA) is 55.5 Å². The lowest BCUT2D eigenvalue weighted by Gasteiger charge is -2.05. The highest BCUT2D eigenvalue weighted by atomic mass is 19.1. The van der Waals surface area contributed by atoms with Crippen LogP contribution in [0.4, 0.5) is 10.1 Å². The molecule has 0 saturated heterocycles. The van der Waals surface area contributed by atoms with Crippen molar-refractivity contribution in [3.05, 3.63) is 17.9 Å². The minimum Gasteiger partial charge on any atom is -0.505 e. The summed E-state index contributed by atoms with van der Waals surface area (Å²) in [5.41, 5.74) is 5.12. The number of hydrogen-bond donors (Lipinski definition) is 2. The Kier molecular flexibility index (Phi) is 2.38. The van der Waals surface area contributed by atoms with Crippen molar-refractivity contribution in [2.45, 2.75) is 6.92 Å². The first kappa shape index (κ1) is 8.64. The number of nitrogens with two attached hydrogens (primary N) is 1. The Labute approximate surface area is 69.6 Å².